The van der Waals surface area contributed by atoms with Crippen molar-refractivity contribution >= 4 is 27.3 Å². The van der Waals surface area contributed by atoms with Crippen LogP contribution < -0.4 is 14.8 Å². The number of amides is 1. The predicted molar refractivity (Wildman–Crippen MR) is 111 cm³/mol. The number of aromatic nitrogens is 1. The molecule has 0 fully saturated rings. The molecule has 29 heavy (non-hydrogen) atoms. The fourth-order valence-electron chi connectivity index (χ4n) is 2.63. The number of pyridine rings is 1. The molecule has 0 aliphatic heterocycles. The molecule has 3 aromatic rings. The van der Waals surface area contributed by atoms with Crippen LogP contribution in [-0.4, -0.2) is 25.4 Å². The molecule has 2 N–H and O–H groups in total. The molecule has 3 rings (SSSR count). The fraction of sp³-hybridized carbons (Fsp3) is 0.143. The second kappa shape index (κ2) is 9.20. The van der Waals surface area contributed by atoms with Crippen molar-refractivity contribution in [3.05, 3.63) is 79.1 Å². The number of hydrogen-bond acceptors (Lipinski definition) is 5. The van der Waals surface area contributed by atoms with Gasteiger partial charge in [-0.05, 0) is 43.3 Å². The molecule has 1 unspecified atom stereocenters. The normalized spacial score (nSPS) is 12.0. The number of benzene rings is 2. The van der Waals surface area contributed by atoms with E-state index in [1.807, 2.05) is 0 Å². The first-order valence-electron chi connectivity index (χ1n) is 8.97. The van der Waals surface area contributed by atoms with Crippen LogP contribution in [0.15, 0.2) is 84.0 Å². The van der Waals surface area contributed by atoms with Gasteiger partial charge in [-0.1, -0.05) is 24.3 Å². The van der Waals surface area contributed by atoms with E-state index in [0.29, 0.717) is 17.1 Å². The summed E-state index contributed by atoms with van der Waals surface area (Å²) in [6, 6.07) is 18.1. The molecule has 0 radical (unpaired) electrons. The third-order valence-electron chi connectivity index (χ3n) is 3.91. The zero-order valence-corrected chi connectivity index (χ0v) is 16.6. The molecule has 7 nitrogen and oxygen atoms in total. The third-order valence-corrected chi connectivity index (χ3v) is 5.31. The van der Waals surface area contributed by atoms with E-state index >= 15 is 0 Å². The first-order valence-corrected chi connectivity index (χ1v) is 10.5. The van der Waals surface area contributed by atoms with E-state index in [1.165, 1.54) is 12.1 Å². The number of ether oxygens (including phenoxy) is 1. The Balaban J connectivity index is 1.60. The standard InChI is InChI=1S/C21H21N3O4S/c1-16(14-21(25)23-17-10-12-22-13-11-17)28-19-7-5-6-18(15-19)24-29(26,27)20-8-3-2-4-9-20/h2-13,15-16,24H,14H2,1H3,(H,22,23,25). The summed E-state index contributed by atoms with van der Waals surface area (Å²) in [7, 11) is -3.69. The summed E-state index contributed by atoms with van der Waals surface area (Å²) in [6.45, 7) is 1.77. The summed E-state index contributed by atoms with van der Waals surface area (Å²) in [5.74, 6) is 0.270. The Morgan fingerprint density at radius 3 is 2.45 bits per heavy atom. The molecular formula is C21H21N3O4S. The van der Waals surface area contributed by atoms with E-state index in [0.717, 1.165) is 0 Å². The zero-order chi connectivity index (χ0) is 20.7. The van der Waals surface area contributed by atoms with Crippen LogP contribution in [0, 0.1) is 0 Å². The van der Waals surface area contributed by atoms with Crippen molar-refractivity contribution in [1.29, 1.82) is 0 Å². The lowest BCUT2D eigenvalue weighted by atomic mass is 10.2. The molecule has 1 amide bonds. The van der Waals surface area contributed by atoms with Crippen LogP contribution in [-0.2, 0) is 14.8 Å². The molecule has 150 valence electrons. The highest BCUT2D eigenvalue weighted by atomic mass is 32.2. The number of carbonyl (C=O) groups is 1. The molecule has 0 saturated heterocycles. The van der Waals surface area contributed by atoms with Gasteiger partial charge in [-0.2, -0.15) is 0 Å². The van der Waals surface area contributed by atoms with Crippen LogP contribution in [0.4, 0.5) is 11.4 Å². The lowest BCUT2D eigenvalue weighted by Gasteiger charge is -2.16. The number of sulfonamides is 1. The van der Waals surface area contributed by atoms with Crippen molar-refractivity contribution in [3.63, 3.8) is 0 Å². The summed E-state index contributed by atoms with van der Waals surface area (Å²) in [6.07, 6.45) is 2.93. The minimum Gasteiger partial charge on any atom is -0.490 e. The molecule has 2 aromatic carbocycles. The Bertz CT molecular complexity index is 1060. The number of nitrogens with zero attached hydrogens (tertiary/aromatic N) is 1. The lowest BCUT2D eigenvalue weighted by Crippen LogP contribution is -2.22. The first kappa shape index (κ1) is 20.3. The maximum absolute atomic E-state index is 12.4. The van der Waals surface area contributed by atoms with Crippen molar-refractivity contribution in [2.75, 3.05) is 10.0 Å². The van der Waals surface area contributed by atoms with Gasteiger partial charge in [0.2, 0.25) is 5.91 Å². The number of anilines is 2. The largest absolute Gasteiger partial charge is 0.490 e. The first-order chi connectivity index (χ1) is 13.9. The Kier molecular flexibility index (Phi) is 6.46. The van der Waals surface area contributed by atoms with E-state index in [4.69, 9.17) is 4.74 Å². The maximum Gasteiger partial charge on any atom is 0.261 e. The predicted octanol–water partition coefficient (Wildman–Crippen LogP) is 3.68. The van der Waals surface area contributed by atoms with Crippen LogP contribution in [0.1, 0.15) is 13.3 Å². The average Bonchev–Trinajstić information content (AvgIpc) is 2.69. The van der Waals surface area contributed by atoms with Gasteiger partial charge in [0.1, 0.15) is 11.9 Å². The van der Waals surface area contributed by atoms with Gasteiger partial charge < -0.3 is 10.1 Å². The number of carbonyl (C=O) groups excluding carboxylic acids is 1. The number of rotatable bonds is 8. The Morgan fingerprint density at radius 1 is 1.00 bits per heavy atom. The summed E-state index contributed by atoms with van der Waals surface area (Å²) >= 11 is 0. The summed E-state index contributed by atoms with van der Waals surface area (Å²) < 4.78 is 33.2. The number of hydrogen-bond donors (Lipinski definition) is 2. The second-order valence-electron chi connectivity index (χ2n) is 6.36. The molecule has 1 atom stereocenters. The molecular weight excluding hydrogens is 390 g/mol. The van der Waals surface area contributed by atoms with Crippen molar-refractivity contribution in [2.45, 2.75) is 24.3 Å². The molecule has 8 heteroatoms. The smallest absolute Gasteiger partial charge is 0.261 e. The van der Waals surface area contributed by atoms with Crippen molar-refractivity contribution in [2.24, 2.45) is 0 Å². The third kappa shape index (κ3) is 6.05. The van der Waals surface area contributed by atoms with Gasteiger partial charge in [-0.15, -0.1) is 0 Å². The van der Waals surface area contributed by atoms with Crippen molar-refractivity contribution in [1.82, 2.24) is 4.98 Å². The molecule has 0 aliphatic rings. The summed E-state index contributed by atoms with van der Waals surface area (Å²) in [5, 5.41) is 2.77. The zero-order valence-electron chi connectivity index (χ0n) is 15.8. The van der Waals surface area contributed by atoms with Crippen LogP contribution in [0.5, 0.6) is 5.75 Å². The van der Waals surface area contributed by atoms with Crippen molar-refractivity contribution < 1.29 is 17.9 Å². The van der Waals surface area contributed by atoms with E-state index < -0.39 is 16.1 Å². The molecule has 0 bridgehead atoms. The number of nitrogens with one attached hydrogen (secondary N) is 2. The van der Waals surface area contributed by atoms with Crippen LogP contribution in [0.2, 0.25) is 0 Å². The van der Waals surface area contributed by atoms with Crippen LogP contribution in [0.25, 0.3) is 0 Å². The second-order valence-corrected chi connectivity index (χ2v) is 8.05. The van der Waals surface area contributed by atoms with E-state index in [1.54, 1.807) is 73.9 Å². The Hall–Kier alpha value is -3.39. The van der Waals surface area contributed by atoms with Crippen molar-refractivity contribution in [3.8, 4) is 5.75 Å². The summed E-state index contributed by atoms with van der Waals surface area (Å²) in [5.41, 5.74) is 1.04. The summed E-state index contributed by atoms with van der Waals surface area (Å²) in [4.78, 5) is 16.2. The van der Waals surface area contributed by atoms with Gasteiger partial charge in [-0.25, -0.2) is 8.42 Å². The van der Waals surface area contributed by atoms with Crippen LogP contribution >= 0.6 is 0 Å². The molecule has 0 spiro atoms. The van der Waals surface area contributed by atoms with E-state index in [2.05, 4.69) is 15.0 Å². The Morgan fingerprint density at radius 2 is 1.72 bits per heavy atom. The highest BCUT2D eigenvalue weighted by molar-refractivity contribution is 7.92. The topological polar surface area (TPSA) is 97.4 Å². The van der Waals surface area contributed by atoms with Gasteiger partial charge in [0.05, 0.1) is 17.0 Å². The van der Waals surface area contributed by atoms with Gasteiger partial charge in [0, 0.05) is 24.1 Å². The van der Waals surface area contributed by atoms with E-state index in [-0.39, 0.29) is 17.2 Å². The highest BCUT2D eigenvalue weighted by Gasteiger charge is 2.15. The SMILES string of the molecule is CC(CC(=O)Nc1ccncc1)Oc1cccc(NS(=O)(=O)c2ccccc2)c1. The molecule has 1 aromatic heterocycles. The molecule has 0 saturated carbocycles. The minimum atomic E-state index is -3.69. The minimum absolute atomic E-state index is 0.141. The fourth-order valence-corrected chi connectivity index (χ4v) is 3.70. The van der Waals surface area contributed by atoms with Gasteiger partial charge in [0.25, 0.3) is 10.0 Å². The van der Waals surface area contributed by atoms with Gasteiger partial charge >= 0.3 is 0 Å². The van der Waals surface area contributed by atoms with E-state index in [9.17, 15) is 13.2 Å². The molecule has 0 aliphatic carbocycles. The maximum atomic E-state index is 12.4. The van der Waals surface area contributed by atoms with Gasteiger partial charge in [-0.3, -0.25) is 14.5 Å². The Labute approximate surface area is 169 Å². The van der Waals surface area contributed by atoms with Crippen LogP contribution in [0.3, 0.4) is 0 Å². The molecule has 1 heterocycles. The highest BCUT2D eigenvalue weighted by Crippen LogP contribution is 2.22. The monoisotopic (exact) mass is 411 g/mol. The average molecular weight is 411 g/mol. The lowest BCUT2D eigenvalue weighted by molar-refractivity contribution is -0.117. The van der Waals surface area contributed by atoms with Gasteiger partial charge in [0.15, 0.2) is 0 Å². The quantitative estimate of drug-likeness (QED) is 0.589.